The average Bonchev–Trinajstić information content (AvgIpc) is 2.68. The third-order valence-corrected chi connectivity index (χ3v) is 6.52. The van der Waals surface area contributed by atoms with Gasteiger partial charge in [-0.25, -0.2) is 0 Å². The number of rotatable bonds is 11. The van der Waals surface area contributed by atoms with Crippen molar-refractivity contribution in [2.45, 2.75) is 93.2 Å². The molecule has 5 heteroatoms. The number of nitrogens with one attached hydrogen (secondary N) is 1. The fraction of sp³-hybridized carbons (Fsp3) is 0.667. The Morgan fingerprint density at radius 1 is 0.906 bits per heavy atom. The lowest BCUT2D eigenvalue weighted by Gasteiger charge is -2.37. The Kier molecular flexibility index (Phi) is 10.1. The number of esters is 1. The maximum atomic E-state index is 13.2. The van der Waals surface area contributed by atoms with E-state index in [1.54, 1.807) is 27.7 Å². The van der Waals surface area contributed by atoms with Crippen molar-refractivity contribution in [1.29, 1.82) is 0 Å². The molecule has 0 heterocycles. The molecule has 0 saturated carbocycles. The lowest BCUT2D eigenvalue weighted by molar-refractivity contribution is -0.157. The maximum Gasteiger partial charge on any atom is 0.307 e. The molecule has 0 aliphatic rings. The Hall–Kier alpha value is -2.17. The minimum absolute atomic E-state index is 0.0162. The van der Waals surface area contributed by atoms with E-state index in [-0.39, 0.29) is 36.0 Å². The highest BCUT2D eigenvalue weighted by molar-refractivity contribution is 5.85. The van der Waals surface area contributed by atoms with Gasteiger partial charge < -0.3 is 10.1 Å². The molecular formula is C27H43NO4. The van der Waals surface area contributed by atoms with Crippen molar-refractivity contribution in [3.05, 3.63) is 35.9 Å². The fourth-order valence-corrected chi connectivity index (χ4v) is 3.90. The van der Waals surface area contributed by atoms with Gasteiger partial charge in [0.1, 0.15) is 11.4 Å². The molecule has 0 aliphatic carbocycles. The predicted octanol–water partition coefficient (Wildman–Crippen LogP) is 5.88. The van der Waals surface area contributed by atoms with Crippen molar-refractivity contribution in [3.63, 3.8) is 0 Å². The smallest absolute Gasteiger partial charge is 0.307 e. The predicted molar refractivity (Wildman–Crippen MR) is 129 cm³/mol. The van der Waals surface area contributed by atoms with E-state index in [9.17, 15) is 14.4 Å². The zero-order valence-corrected chi connectivity index (χ0v) is 21.5. The molecule has 0 radical (unpaired) electrons. The Morgan fingerprint density at radius 2 is 1.44 bits per heavy atom. The Morgan fingerprint density at radius 3 is 1.91 bits per heavy atom. The zero-order chi connectivity index (χ0) is 24.7. The Bertz CT molecular complexity index is 754. The van der Waals surface area contributed by atoms with Crippen LogP contribution in [0.3, 0.4) is 0 Å². The molecule has 1 N–H and O–H groups in total. The summed E-state index contributed by atoms with van der Waals surface area (Å²) in [6.45, 7) is 17.5. The van der Waals surface area contributed by atoms with E-state index in [0.29, 0.717) is 12.8 Å². The summed E-state index contributed by atoms with van der Waals surface area (Å²) in [5.41, 5.74) is -0.0384. The van der Waals surface area contributed by atoms with Crippen LogP contribution in [0.15, 0.2) is 30.3 Å². The number of hydrogen-bond acceptors (Lipinski definition) is 4. The van der Waals surface area contributed by atoms with Gasteiger partial charge in [0.15, 0.2) is 0 Å². The molecule has 1 aromatic rings. The molecule has 1 rings (SSSR count). The van der Waals surface area contributed by atoms with E-state index >= 15 is 0 Å². The molecule has 2 atom stereocenters. The highest BCUT2D eigenvalue weighted by Crippen LogP contribution is 2.38. The van der Waals surface area contributed by atoms with Crippen molar-refractivity contribution < 1.29 is 19.1 Å². The van der Waals surface area contributed by atoms with Gasteiger partial charge in [-0.15, -0.1) is 0 Å². The van der Waals surface area contributed by atoms with Crippen LogP contribution in [0, 0.1) is 23.2 Å². The van der Waals surface area contributed by atoms with Crippen LogP contribution < -0.4 is 5.32 Å². The minimum Gasteiger partial charge on any atom is -0.460 e. The van der Waals surface area contributed by atoms with Gasteiger partial charge in [-0.05, 0) is 44.6 Å². The molecule has 32 heavy (non-hydrogen) atoms. The lowest BCUT2D eigenvalue weighted by atomic mass is 9.66. The number of Topliss-reactive ketones (excluding diaryl/α,β-unsaturated/α-hetero) is 1. The first-order valence-electron chi connectivity index (χ1n) is 11.8. The quantitative estimate of drug-likeness (QED) is 0.432. The Labute approximate surface area is 194 Å². The Balaban J connectivity index is 2.92. The molecule has 0 aromatic heterocycles. The fourth-order valence-electron chi connectivity index (χ4n) is 3.90. The SMILES string of the molecule is CC(C)C(C)(C(=O)CC[C@@H](NC(=O)[C@H](C)CC(=O)OC(C)(C)C)c1ccccc1)C(C)C. The second kappa shape index (κ2) is 11.6. The molecule has 0 saturated heterocycles. The van der Waals surface area contributed by atoms with Crippen LogP contribution in [0.25, 0.3) is 0 Å². The lowest BCUT2D eigenvalue weighted by Crippen LogP contribution is -2.39. The van der Waals surface area contributed by atoms with Gasteiger partial charge in [0, 0.05) is 17.8 Å². The first-order valence-corrected chi connectivity index (χ1v) is 11.8. The number of benzene rings is 1. The third-order valence-electron chi connectivity index (χ3n) is 6.52. The third kappa shape index (κ3) is 8.07. The molecule has 0 fully saturated rings. The second-order valence-corrected chi connectivity index (χ2v) is 10.7. The molecular weight excluding hydrogens is 402 g/mol. The summed E-state index contributed by atoms with van der Waals surface area (Å²) < 4.78 is 5.35. The van der Waals surface area contributed by atoms with Gasteiger partial charge >= 0.3 is 5.97 Å². The number of ketones is 1. The summed E-state index contributed by atoms with van der Waals surface area (Å²) in [6.07, 6.45) is 0.915. The van der Waals surface area contributed by atoms with Crippen molar-refractivity contribution in [2.75, 3.05) is 0 Å². The van der Waals surface area contributed by atoms with Crippen LogP contribution in [0.2, 0.25) is 0 Å². The topological polar surface area (TPSA) is 72.5 Å². The summed E-state index contributed by atoms with van der Waals surface area (Å²) >= 11 is 0. The molecule has 0 unspecified atom stereocenters. The molecule has 180 valence electrons. The zero-order valence-electron chi connectivity index (χ0n) is 21.5. The van der Waals surface area contributed by atoms with Gasteiger partial charge in [-0.2, -0.15) is 0 Å². The molecule has 5 nitrogen and oxygen atoms in total. The van der Waals surface area contributed by atoms with Crippen LogP contribution in [-0.4, -0.2) is 23.3 Å². The highest BCUT2D eigenvalue weighted by atomic mass is 16.6. The van der Waals surface area contributed by atoms with Crippen LogP contribution in [0.4, 0.5) is 0 Å². The van der Waals surface area contributed by atoms with E-state index in [1.807, 2.05) is 37.3 Å². The molecule has 1 aromatic carbocycles. The molecule has 0 bridgehead atoms. The van der Waals surface area contributed by atoms with Crippen molar-refractivity contribution in [2.24, 2.45) is 23.2 Å². The number of amides is 1. The number of carbonyl (C=O) groups is 3. The average molecular weight is 446 g/mol. The normalized spacial score (nSPS) is 14.2. The molecule has 0 spiro atoms. The summed E-state index contributed by atoms with van der Waals surface area (Å²) in [6, 6.07) is 9.39. The number of hydrogen-bond donors (Lipinski definition) is 1. The first kappa shape index (κ1) is 27.9. The van der Waals surface area contributed by atoms with Crippen molar-refractivity contribution in [1.82, 2.24) is 5.32 Å². The largest absolute Gasteiger partial charge is 0.460 e. The number of ether oxygens (including phenoxy) is 1. The monoisotopic (exact) mass is 445 g/mol. The second-order valence-electron chi connectivity index (χ2n) is 10.7. The van der Waals surface area contributed by atoms with E-state index in [1.165, 1.54) is 0 Å². The van der Waals surface area contributed by atoms with Gasteiger partial charge in [-0.3, -0.25) is 14.4 Å². The molecule has 1 amide bonds. The van der Waals surface area contributed by atoms with Crippen molar-refractivity contribution >= 4 is 17.7 Å². The summed E-state index contributed by atoms with van der Waals surface area (Å²) in [7, 11) is 0. The van der Waals surface area contributed by atoms with Crippen LogP contribution >= 0.6 is 0 Å². The number of carbonyl (C=O) groups excluding carboxylic acids is 3. The maximum absolute atomic E-state index is 13.2. The van der Waals surface area contributed by atoms with Gasteiger partial charge in [0.25, 0.3) is 0 Å². The van der Waals surface area contributed by atoms with Gasteiger partial charge in [0.05, 0.1) is 12.5 Å². The van der Waals surface area contributed by atoms with E-state index in [2.05, 4.69) is 33.0 Å². The van der Waals surface area contributed by atoms with Gasteiger partial charge in [0.2, 0.25) is 5.91 Å². The summed E-state index contributed by atoms with van der Waals surface area (Å²) in [4.78, 5) is 38.2. The van der Waals surface area contributed by atoms with Crippen molar-refractivity contribution in [3.8, 4) is 0 Å². The van der Waals surface area contributed by atoms with Crippen LogP contribution in [0.5, 0.6) is 0 Å². The summed E-state index contributed by atoms with van der Waals surface area (Å²) in [5.74, 6) is -0.450. The van der Waals surface area contributed by atoms with Gasteiger partial charge in [-0.1, -0.05) is 71.9 Å². The standard InChI is InChI=1S/C27H43NO4/c1-18(2)27(9,19(3)4)23(29)16-15-22(21-13-11-10-12-14-21)28-25(31)20(5)17-24(30)32-26(6,7)8/h10-14,18-20,22H,15-17H2,1-9H3,(H,28,31)/t20-,22-/m1/s1. The van der Waals surface area contributed by atoms with Crippen LogP contribution in [-0.2, 0) is 19.1 Å². The van der Waals surface area contributed by atoms with E-state index in [4.69, 9.17) is 4.74 Å². The molecule has 0 aliphatic heterocycles. The van der Waals surface area contributed by atoms with E-state index < -0.39 is 22.9 Å². The minimum atomic E-state index is -0.584. The summed E-state index contributed by atoms with van der Waals surface area (Å²) in [5, 5.41) is 3.07. The van der Waals surface area contributed by atoms with E-state index in [0.717, 1.165) is 5.56 Å². The van der Waals surface area contributed by atoms with Crippen LogP contribution in [0.1, 0.15) is 93.2 Å². The first-order chi connectivity index (χ1) is 14.7. The highest BCUT2D eigenvalue weighted by Gasteiger charge is 2.39.